The van der Waals surface area contributed by atoms with Crippen molar-refractivity contribution in [1.29, 1.82) is 0 Å². The molecule has 0 saturated heterocycles. The Kier molecular flexibility index (Phi) is 2.77. The SMILES string of the molecule is COc1ccccc1C1CCNc2c3cccnc3nn21. The van der Waals surface area contributed by atoms with Crippen LogP contribution < -0.4 is 10.1 Å². The molecular weight excluding hydrogens is 264 g/mol. The minimum atomic E-state index is 0.173. The molecular formula is C16H16N4O. The number of nitrogens with one attached hydrogen (secondary N) is 1. The van der Waals surface area contributed by atoms with E-state index in [0.717, 1.165) is 41.1 Å². The number of aromatic nitrogens is 3. The molecule has 5 heteroatoms. The van der Waals surface area contributed by atoms with Crippen LogP contribution in [0.4, 0.5) is 5.82 Å². The highest BCUT2D eigenvalue weighted by molar-refractivity contribution is 5.87. The lowest BCUT2D eigenvalue weighted by molar-refractivity contribution is 0.392. The predicted octanol–water partition coefficient (Wildman–Crippen LogP) is 2.84. The quantitative estimate of drug-likeness (QED) is 0.784. The molecule has 0 bridgehead atoms. The molecule has 0 radical (unpaired) electrons. The number of methoxy groups -OCH3 is 1. The van der Waals surface area contributed by atoms with E-state index in [4.69, 9.17) is 4.74 Å². The van der Waals surface area contributed by atoms with Gasteiger partial charge < -0.3 is 10.1 Å². The number of anilines is 1. The number of hydrogen-bond acceptors (Lipinski definition) is 4. The molecule has 1 aliphatic rings. The second-order valence-corrected chi connectivity index (χ2v) is 5.14. The molecule has 0 aliphatic carbocycles. The topological polar surface area (TPSA) is 52.0 Å². The molecule has 1 unspecified atom stereocenters. The molecule has 0 fully saturated rings. The summed E-state index contributed by atoms with van der Waals surface area (Å²) in [5.74, 6) is 1.95. The summed E-state index contributed by atoms with van der Waals surface area (Å²) in [6, 6.07) is 12.3. The van der Waals surface area contributed by atoms with Gasteiger partial charge in [0.1, 0.15) is 11.6 Å². The fraction of sp³-hybridized carbons (Fsp3) is 0.250. The standard InChI is InChI=1S/C16H16N4O/c1-21-14-7-3-2-5-11(14)13-8-10-18-16-12-6-4-9-17-15(12)19-20(13)16/h2-7,9,13,18H,8,10H2,1H3. The normalized spacial score (nSPS) is 17.3. The number of nitrogens with zero attached hydrogens (tertiary/aromatic N) is 3. The van der Waals surface area contributed by atoms with E-state index in [1.54, 1.807) is 13.3 Å². The molecule has 0 amide bonds. The summed E-state index contributed by atoms with van der Waals surface area (Å²) in [6.07, 6.45) is 2.75. The summed E-state index contributed by atoms with van der Waals surface area (Å²) in [5, 5.41) is 9.18. The Morgan fingerprint density at radius 1 is 1.24 bits per heavy atom. The van der Waals surface area contributed by atoms with E-state index < -0.39 is 0 Å². The zero-order chi connectivity index (χ0) is 14.2. The summed E-state index contributed by atoms with van der Waals surface area (Å²) in [7, 11) is 1.71. The lowest BCUT2D eigenvalue weighted by Gasteiger charge is -2.27. The molecule has 106 valence electrons. The van der Waals surface area contributed by atoms with Gasteiger partial charge in [-0.15, -0.1) is 5.10 Å². The fourth-order valence-electron chi connectivity index (χ4n) is 3.02. The van der Waals surface area contributed by atoms with Crippen molar-refractivity contribution in [3.63, 3.8) is 0 Å². The van der Waals surface area contributed by atoms with E-state index in [-0.39, 0.29) is 6.04 Å². The Hall–Kier alpha value is -2.56. The first-order valence-electron chi connectivity index (χ1n) is 7.08. The number of hydrogen-bond donors (Lipinski definition) is 1. The number of para-hydroxylation sites is 1. The molecule has 3 aromatic rings. The molecule has 21 heavy (non-hydrogen) atoms. The number of benzene rings is 1. The monoisotopic (exact) mass is 280 g/mol. The fourth-order valence-corrected chi connectivity index (χ4v) is 3.02. The van der Waals surface area contributed by atoms with Crippen LogP contribution in [0.2, 0.25) is 0 Å². The Morgan fingerprint density at radius 2 is 2.14 bits per heavy atom. The van der Waals surface area contributed by atoms with Crippen LogP contribution in [0.3, 0.4) is 0 Å². The van der Waals surface area contributed by atoms with Gasteiger partial charge in [-0.2, -0.15) is 0 Å². The Balaban J connectivity index is 1.90. The third-order valence-corrected chi connectivity index (χ3v) is 3.98. The van der Waals surface area contributed by atoms with E-state index in [0.29, 0.717) is 0 Å². The molecule has 1 aliphatic heterocycles. The number of pyridine rings is 1. The second kappa shape index (κ2) is 4.77. The lowest BCUT2D eigenvalue weighted by atomic mass is 10.0. The van der Waals surface area contributed by atoms with Gasteiger partial charge in [0.05, 0.1) is 18.5 Å². The number of rotatable bonds is 2. The van der Waals surface area contributed by atoms with Gasteiger partial charge >= 0.3 is 0 Å². The van der Waals surface area contributed by atoms with Gasteiger partial charge in [0.2, 0.25) is 0 Å². The van der Waals surface area contributed by atoms with Crippen molar-refractivity contribution in [2.24, 2.45) is 0 Å². The highest BCUT2D eigenvalue weighted by Gasteiger charge is 2.26. The summed E-state index contributed by atoms with van der Waals surface area (Å²) >= 11 is 0. The van der Waals surface area contributed by atoms with Crippen LogP contribution in [0.25, 0.3) is 11.0 Å². The van der Waals surface area contributed by atoms with Crippen LogP contribution in [-0.4, -0.2) is 28.4 Å². The van der Waals surface area contributed by atoms with Crippen molar-refractivity contribution in [1.82, 2.24) is 14.8 Å². The molecule has 2 aromatic heterocycles. The lowest BCUT2D eigenvalue weighted by Crippen LogP contribution is -2.24. The molecule has 4 rings (SSSR count). The van der Waals surface area contributed by atoms with Gasteiger partial charge in [-0.05, 0) is 24.6 Å². The van der Waals surface area contributed by atoms with Crippen LogP contribution in [0, 0.1) is 0 Å². The maximum atomic E-state index is 5.51. The van der Waals surface area contributed by atoms with E-state index in [9.17, 15) is 0 Å². The molecule has 0 spiro atoms. The zero-order valence-electron chi connectivity index (χ0n) is 11.8. The van der Waals surface area contributed by atoms with Crippen LogP contribution in [0.5, 0.6) is 5.75 Å². The summed E-state index contributed by atoms with van der Waals surface area (Å²) in [6.45, 7) is 0.915. The van der Waals surface area contributed by atoms with Crippen molar-refractivity contribution < 1.29 is 4.74 Å². The maximum Gasteiger partial charge on any atom is 0.183 e. The van der Waals surface area contributed by atoms with E-state index in [2.05, 4.69) is 27.5 Å². The third-order valence-electron chi connectivity index (χ3n) is 3.98. The minimum Gasteiger partial charge on any atom is -0.496 e. The van der Waals surface area contributed by atoms with Crippen molar-refractivity contribution in [2.45, 2.75) is 12.5 Å². The van der Waals surface area contributed by atoms with Gasteiger partial charge in [-0.1, -0.05) is 18.2 Å². The third kappa shape index (κ3) is 1.85. The summed E-state index contributed by atoms with van der Waals surface area (Å²) in [5.41, 5.74) is 1.94. The number of fused-ring (bicyclic) bond motifs is 3. The highest BCUT2D eigenvalue weighted by Crippen LogP contribution is 2.37. The van der Waals surface area contributed by atoms with Crippen molar-refractivity contribution in [3.05, 3.63) is 48.2 Å². The smallest absolute Gasteiger partial charge is 0.183 e. The Bertz CT molecular complexity index is 796. The van der Waals surface area contributed by atoms with Crippen molar-refractivity contribution in [2.75, 3.05) is 19.0 Å². The van der Waals surface area contributed by atoms with Gasteiger partial charge in [0.15, 0.2) is 5.65 Å². The Morgan fingerprint density at radius 3 is 3.05 bits per heavy atom. The zero-order valence-corrected chi connectivity index (χ0v) is 11.8. The minimum absolute atomic E-state index is 0.173. The van der Waals surface area contributed by atoms with Gasteiger partial charge in [-0.25, -0.2) is 9.67 Å². The second-order valence-electron chi connectivity index (χ2n) is 5.14. The maximum absolute atomic E-state index is 5.51. The molecule has 3 heterocycles. The highest BCUT2D eigenvalue weighted by atomic mass is 16.5. The Labute approximate surface area is 122 Å². The molecule has 1 aromatic carbocycles. The van der Waals surface area contributed by atoms with E-state index in [1.807, 2.05) is 28.9 Å². The first-order chi connectivity index (χ1) is 10.4. The largest absolute Gasteiger partial charge is 0.496 e. The van der Waals surface area contributed by atoms with Crippen LogP contribution in [0.1, 0.15) is 18.0 Å². The molecule has 5 nitrogen and oxygen atoms in total. The van der Waals surface area contributed by atoms with E-state index in [1.165, 1.54) is 0 Å². The first kappa shape index (κ1) is 12.2. The first-order valence-corrected chi connectivity index (χ1v) is 7.08. The average Bonchev–Trinajstić information content (AvgIpc) is 2.93. The van der Waals surface area contributed by atoms with Gasteiger partial charge in [0.25, 0.3) is 0 Å². The van der Waals surface area contributed by atoms with Crippen LogP contribution >= 0.6 is 0 Å². The molecule has 0 saturated carbocycles. The van der Waals surface area contributed by atoms with Crippen LogP contribution in [-0.2, 0) is 0 Å². The average molecular weight is 280 g/mol. The van der Waals surface area contributed by atoms with E-state index >= 15 is 0 Å². The van der Waals surface area contributed by atoms with Crippen molar-refractivity contribution >= 4 is 16.9 Å². The van der Waals surface area contributed by atoms with Crippen LogP contribution in [0.15, 0.2) is 42.6 Å². The van der Waals surface area contributed by atoms with Crippen molar-refractivity contribution in [3.8, 4) is 5.75 Å². The molecule has 1 atom stereocenters. The summed E-state index contributed by atoms with van der Waals surface area (Å²) < 4.78 is 7.55. The van der Waals surface area contributed by atoms with Gasteiger partial charge in [-0.3, -0.25) is 0 Å². The predicted molar refractivity (Wildman–Crippen MR) is 81.8 cm³/mol. The number of ether oxygens (including phenoxy) is 1. The van der Waals surface area contributed by atoms with Gasteiger partial charge in [0, 0.05) is 18.3 Å². The summed E-state index contributed by atoms with van der Waals surface area (Å²) in [4.78, 5) is 4.35. The molecule has 1 N–H and O–H groups in total.